The minimum atomic E-state index is -3.77. The lowest BCUT2D eigenvalue weighted by Gasteiger charge is -2.09. The van der Waals surface area contributed by atoms with E-state index in [2.05, 4.69) is 10.6 Å². The number of hydrogen-bond donors (Lipinski definition) is 2. The second kappa shape index (κ2) is 7.47. The van der Waals surface area contributed by atoms with Crippen LogP contribution in [0.1, 0.15) is 12.8 Å². The highest BCUT2D eigenvalue weighted by Crippen LogP contribution is 2.30. The Morgan fingerprint density at radius 3 is 2.23 bits per heavy atom. The Hall–Kier alpha value is -2.38. The Morgan fingerprint density at radius 2 is 1.62 bits per heavy atom. The fraction of sp³-hybridized carbons (Fsp3) is 0.222. The molecule has 0 aliphatic heterocycles. The fourth-order valence-corrected chi connectivity index (χ4v) is 3.62. The highest BCUT2D eigenvalue weighted by molar-refractivity contribution is 7.92. The van der Waals surface area contributed by atoms with Crippen LogP contribution < -0.4 is 10.6 Å². The van der Waals surface area contributed by atoms with E-state index in [4.69, 9.17) is 11.6 Å². The molecular formula is C18H17ClN2O4S. The predicted octanol–water partition coefficient (Wildman–Crippen LogP) is 3.10. The molecule has 2 amide bonds. The first-order chi connectivity index (χ1) is 12.3. The van der Waals surface area contributed by atoms with Gasteiger partial charge in [0.25, 0.3) is 0 Å². The van der Waals surface area contributed by atoms with Crippen molar-refractivity contribution in [3.05, 3.63) is 53.6 Å². The van der Waals surface area contributed by atoms with Crippen molar-refractivity contribution in [3.63, 3.8) is 0 Å². The highest BCUT2D eigenvalue weighted by Gasteiger charge is 2.29. The summed E-state index contributed by atoms with van der Waals surface area (Å²) in [4.78, 5) is 23.9. The van der Waals surface area contributed by atoms with Gasteiger partial charge in [0, 0.05) is 22.3 Å². The zero-order valence-corrected chi connectivity index (χ0v) is 15.3. The zero-order valence-electron chi connectivity index (χ0n) is 13.7. The van der Waals surface area contributed by atoms with Crippen molar-refractivity contribution in [1.82, 2.24) is 0 Å². The first-order valence-electron chi connectivity index (χ1n) is 8.02. The molecule has 3 rings (SSSR count). The first kappa shape index (κ1) is 18.4. The lowest BCUT2D eigenvalue weighted by atomic mass is 10.2. The minimum absolute atomic E-state index is 0.0301. The Morgan fingerprint density at radius 1 is 1.00 bits per heavy atom. The molecule has 0 spiro atoms. The number of sulfone groups is 1. The van der Waals surface area contributed by atoms with Crippen molar-refractivity contribution in [2.75, 3.05) is 16.4 Å². The van der Waals surface area contributed by atoms with Crippen LogP contribution >= 0.6 is 11.6 Å². The summed E-state index contributed by atoms with van der Waals surface area (Å²) in [5.41, 5.74) is 0.968. The molecule has 136 valence electrons. The second-order valence-corrected chi connectivity index (χ2v) is 8.53. The van der Waals surface area contributed by atoms with Gasteiger partial charge in [0.05, 0.1) is 4.90 Å². The maximum absolute atomic E-state index is 12.3. The third-order valence-corrected chi connectivity index (χ3v) is 5.74. The van der Waals surface area contributed by atoms with E-state index < -0.39 is 21.5 Å². The summed E-state index contributed by atoms with van der Waals surface area (Å²) < 4.78 is 24.6. The third kappa shape index (κ3) is 4.83. The molecule has 0 aromatic heterocycles. The van der Waals surface area contributed by atoms with Crippen molar-refractivity contribution in [2.24, 2.45) is 5.92 Å². The molecule has 8 heteroatoms. The number of carbonyl (C=O) groups is 2. The molecule has 0 heterocycles. The van der Waals surface area contributed by atoms with Crippen molar-refractivity contribution in [1.29, 1.82) is 0 Å². The van der Waals surface area contributed by atoms with Gasteiger partial charge >= 0.3 is 0 Å². The molecule has 2 aromatic carbocycles. The summed E-state index contributed by atoms with van der Waals surface area (Å²) in [5, 5.41) is 5.73. The SMILES string of the molecule is O=C(CS(=O)(=O)c1ccc(Cl)cc1)Nc1cccc(NC(=O)C2CC2)c1. The van der Waals surface area contributed by atoms with Crippen molar-refractivity contribution in [3.8, 4) is 0 Å². The number of nitrogens with one attached hydrogen (secondary N) is 2. The van der Waals surface area contributed by atoms with E-state index in [1.54, 1.807) is 24.3 Å². The first-order valence-corrected chi connectivity index (χ1v) is 10.1. The minimum Gasteiger partial charge on any atom is -0.326 e. The summed E-state index contributed by atoms with van der Waals surface area (Å²) in [5.74, 6) is -1.32. The lowest BCUT2D eigenvalue weighted by molar-refractivity contribution is -0.117. The molecule has 1 aliphatic rings. The fourth-order valence-electron chi connectivity index (χ4n) is 2.36. The summed E-state index contributed by atoms with van der Waals surface area (Å²) in [6.45, 7) is 0. The maximum atomic E-state index is 12.3. The van der Waals surface area contributed by atoms with Gasteiger partial charge in [-0.05, 0) is 55.3 Å². The molecule has 26 heavy (non-hydrogen) atoms. The summed E-state index contributed by atoms with van der Waals surface area (Å²) >= 11 is 5.74. The second-order valence-electron chi connectivity index (χ2n) is 6.11. The average molecular weight is 393 g/mol. The molecule has 2 N–H and O–H groups in total. The number of anilines is 2. The average Bonchev–Trinajstić information content (AvgIpc) is 3.40. The van der Waals surface area contributed by atoms with Crippen LogP contribution in [0.4, 0.5) is 11.4 Å². The van der Waals surface area contributed by atoms with Crippen molar-refractivity contribution < 1.29 is 18.0 Å². The van der Waals surface area contributed by atoms with Crippen molar-refractivity contribution in [2.45, 2.75) is 17.7 Å². The number of benzene rings is 2. The molecule has 1 aliphatic carbocycles. The molecule has 2 aromatic rings. The molecule has 0 bridgehead atoms. The van der Waals surface area contributed by atoms with Gasteiger partial charge in [0.2, 0.25) is 11.8 Å². The third-order valence-electron chi connectivity index (χ3n) is 3.86. The van der Waals surface area contributed by atoms with Gasteiger partial charge in [-0.1, -0.05) is 17.7 Å². The zero-order chi connectivity index (χ0) is 18.7. The van der Waals surface area contributed by atoms with Crippen LogP contribution in [0.3, 0.4) is 0 Å². The van der Waals surface area contributed by atoms with E-state index in [1.807, 2.05) is 0 Å². The lowest BCUT2D eigenvalue weighted by Crippen LogP contribution is -2.23. The van der Waals surface area contributed by atoms with Gasteiger partial charge in [-0.15, -0.1) is 0 Å². The predicted molar refractivity (Wildman–Crippen MR) is 99.9 cm³/mol. The van der Waals surface area contributed by atoms with E-state index in [9.17, 15) is 18.0 Å². The van der Waals surface area contributed by atoms with Gasteiger partial charge in [-0.2, -0.15) is 0 Å². The van der Waals surface area contributed by atoms with Crippen LogP contribution in [0.15, 0.2) is 53.4 Å². The van der Waals surface area contributed by atoms with Gasteiger partial charge in [0.15, 0.2) is 9.84 Å². The normalized spacial score (nSPS) is 13.9. The highest BCUT2D eigenvalue weighted by atomic mass is 35.5. The Balaban J connectivity index is 1.64. The number of halogens is 1. The summed E-state index contributed by atoms with van der Waals surface area (Å²) in [6.07, 6.45) is 1.79. The molecule has 6 nitrogen and oxygen atoms in total. The van der Waals surface area contributed by atoms with E-state index in [0.717, 1.165) is 12.8 Å². The van der Waals surface area contributed by atoms with Crippen LogP contribution in [0.25, 0.3) is 0 Å². The summed E-state index contributed by atoms with van der Waals surface area (Å²) in [6, 6.07) is 12.2. The van der Waals surface area contributed by atoms with E-state index in [1.165, 1.54) is 24.3 Å². The van der Waals surface area contributed by atoms with Crippen LogP contribution in [0.2, 0.25) is 5.02 Å². The molecule has 0 saturated heterocycles. The summed E-state index contributed by atoms with van der Waals surface area (Å²) in [7, 11) is -3.77. The standard InChI is InChI=1S/C18H17ClN2O4S/c19-13-6-8-16(9-7-13)26(24,25)11-17(22)20-14-2-1-3-15(10-14)21-18(23)12-4-5-12/h1-3,6-10,12H,4-5,11H2,(H,20,22)(H,21,23). The number of rotatable bonds is 6. The number of carbonyl (C=O) groups excluding carboxylic acids is 2. The van der Waals surface area contributed by atoms with E-state index in [-0.39, 0.29) is 16.7 Å². The van der Waals surface area contributed by atoms with Gasteiger partial charge < -0.3 is 10.6 Å². The molecule has 0 atom stereocenters. The molecule has 0 unspecified atom stereocenters. The Labute approximate surface area is 156 Å². The van der Waals surface area contributed by atoms with Crippen LogP contribution in [0.5, 0.6) is 0 Å². The van der Waals surface area contributed by atoms with Crippen molar-refractivity contribution >= 4 is 44.6 Å². The van der Waals surface area contributed by atoms with Crippen LogP contribution in [0, 0.1) is 5.92 Å². The smallest absolute Gasteiger partial charge is 0.239 e. The van der Waals surface area contributed by atoms with Crippen LogP contribution in [-0.2, 0) is 19.4 Å². The van der Waals surface area contributed by atoms with Gasteiger partial charge in [-0.25, -0.2) is 8.42 Å². The Kier molecular flexibility index (Phi) is 5.29. The number of amides is 2. The molecule has 1 fully saturated rings. The van der Waals surface area contributed by atoms with Crippen LogP contribution in [-0.4, -0.2) is 26.0 Å². The topological polar surface area (TPSA) is 92.3 Å². The van der Waals surface area contributed by atoms with Gasteiger partial charge in [-0.3, -0.25) is 9.59 Å². The van der Waals surface area contributed by atoms with E-state index in [0.29, 0.717) is 16.4 Å². The van der Waals surface area contributed by atoms with Gasteiger partial charge in [0.1, 0.15) is 5.75 Å². The monoisotopic (exact) mass is 392 g/mol. The quantitative estimate of drug-likeness (QED) is 0.790. The largest absolute Gasteiger partial charge is 0.326 e. The molecular weight excluding hydrogens is 376 g/mol. The molecule has 1 saturated carbocycles. The van der Waals surface area contributed by atoms with E-state index >= 15 is 0 Å². The number of hydrogen-bond acceptors (Lipinski definition) is 4. The molecule has 0 radical (unpaired) electrons. The Bertz CT molecular complexity index is 938. The maximum Gasteiger partial charge on any atom is 0.239 e.